The Balaban J connectivity index is 4.09. The lowest BCUT2D eigenvalue weighted by Crippen LogP contribution is -2.37. The van der Waals surface area contributed by atoms with E-state index >= 15 is 0 Å². The van der Waals surface area contributed by atoms with Crippen molar-refractivity contribution in [1.29, 1.82) is 0 Å². The smallest absolute Gasteiger partial charge is 0.137 e. The molecule has 1 atom stereocenters. The third kappa shape index (κ3) is 5.12. The highest BCUT2D eigenvalue weighted by Gasteiger charge is 2.15. The Labute approximate surface area is 86.5 Å². The van der Waals surface area contributed by atoms with Gasteiger partial charge in [-0.05, 0) is 32.4 Å². The molecule has 0 spiro atoms. The highest BCUT2D eigenvalue weighted by atomic mass is 16.1. The first-order chi connectivity index (χ1) is 6.79. The first kappa shape index (κ1) is 13.3. The Kier molecular flexibility index (Phi) is 8.43. The minimum absolute atomic E-state index is 0.0694. The molecule has 14 heavy (non-hydrogen) atoms. The van der Waals surface area contributed by atoms with Crippen LogP contribution in [0.5, 0.6) is 0 Å². The highest BCUT2D eigenvalue weighted by molar-refractivity contribution is 5.59. The quantitative estimate of drug-likeness (QED) is 0.530. The molecule has 0 aliphatic rings. The SMILES string of the molecule is CCCN(CCC)C(C=O)CCC=O. The summed E-state index contributed by atoms with van der Waals surface area (Å²) in [6, 6.07) is -0.0694. The molecule has 0 heterocycles. The maximum absolute atomic E-state index is 10.8. The van der Waals surface area contributed by atoms with Crippen molar-refractivity contribution in [2.75, 3.05) is 13.1 Å². The molecule has 3 nitrogen and oxygen atoms in total. The lowest BCUT2D eigenvalue weighted by molar-refractivity contribution is -0.113. The number of aldehydes is 2. The van der Waals surface area contributed by atoms with E-state index in [1.807, 2.05) is 0 Å². The summed E-state index contributed by atoms with van der Waals surface area (Å²) in [5, 5.41) is 0. The number of hydrogen-bond donors (Lipinski definition) is 0. The molecule has 0 saturated carbocycles. The van der Waals surface area contributed by atoms with Gasteiger partial charge in [0.25, 0.3) is 0 Å². The summed E-state index contributed by atoms with van der Waals surface area (Å²) in [6.07, 6.45) is 5.08. The lowest BCUT2D eigenvalue weighted by Gasteiger charge is -2.26. The third-order valence-electron chi connectivity index (χ3n) is 2.23. The van der Waals surface area contributed by atoms with Crippen LogP contribution in [0.15, 0.2) is 0 Å². The van der Waals surface area contributed by atoms with Crippen LogP contribution < -0.4 is 0 Å². The van der Waals surface area contributed by atoms with Crippen molar-refractivity contribution in [1.82, 2.24) is 4.90 Å². The van der Waals surface area contributed by atoms with Crippen LogP contribution in [0.2, 0.25) is 0 Å². The summed E-state index contributed by atoms with van der Waals surface area (Å²) < 4.78 is 0. The molecule has 1 unspecified atom stereocenters. The van der Waals surface area contributed by atoms with Crippen LogP contribution in [0.4, 0.5) is 0 Å². The number of rotatable bonds is 9. The van der Waals surface area contributed by atoms with E-state index in [9.17, 15) is 9.59 Å². The molecule has 0 aliphatic carbocycles. The van der Waals surface area contributed by atoms with Gasteiger partial charge in [0.2, 0.25) is 0 Å². The lowest BCUT2D eigenvalue weighted by atomic mass is 10.1. The fraction of sp³-hybridized carbons (Fsp3) is 0.818. The average molecular weight is 199 g/mol. The van der Waals surface area contributed by atoms with Crippen molar-refractivity contribution in [2.24, 2.45) is 0 Å². The van der Waals surface area contributed by atoms with Crippen molar-refractivity contribution in [3.63, 3.8) is 0 Å². The molecule has 0 aromatic heterocycles. The summed E-state index contributed by atoms with van der Waals surface area (Å²) >= 11 is 0. The molecule has 82 valence electrons. The van der Waals surface area contributed by atoms with E-state index < -0.39 is 0 Å². The highest BCUT2D eigenvalue weighted by Crippen LogP contribution is 2.06. The van der Waals surface area contributed by atoms with Gasteiger partial charge in [-0.3, -0.25) is 4.90 Å². The molecule has 3 heteroatoms. The largest absolute Gasteiger partial charge is 0.303 e. The number of carbonyl (C=O) groups excluding carboxylic acids is 2. The fourth-order valence-corrected chi connectivity index (χ4v) is 1.59. The molecule has 0 amide bonds. The van der Waals surface area contributed by atoms with Gasteiger partial charge in [0.1, 0.15) is 12.6 Å². The molecule has 0 fully saturated rings. The fourth-order valence-electron chi connectivity index (χ4n) is 1.59. The number of nitrogens with zero attached hydrogens (tertiary/aromatic N) is 1. The molecular formula is C11H21NO2. The minimum atomic E-state index is -0.0694. The topological polar surface area (TPSA) is 37.4 Å². The van der Waals surface area contributed by atoms with Crippen molar-refractivity contribution in [3.05, 3.63) is 0 Å². The van der Waals surface area contributed by atoms with E-state index in [4.69, 9.17) is 0 Å². The van der Waals surface area contributed by atoms with E-state index in [0.29, 0.717) is 12.8 Å². The Morgan fingerprint density at radius 3 is 2.07 bits per heavy atom. The molecular weight excluding hydrogens is 178 g/mol. The van der Waals surface area contributed by atoms with E-state index in [1.54, 1.807) is 0 Å². The summed E-state index contributed by atoms with van der Waals surface area (Å²) in [5.41, 5.74) is 0. The van der Waals surface area contributed by atoms with Crippen LogP contribution in [-0.4, -0.2) is 36.6 Å². The van der Waals surface area contributed by atoms with E-state index in [2.05, 4.69) is 18.7 Å². The summed E-state index contributed by atoms with van der Waals surface area (Å²) in [4.78, 5) is 23.2. The van der Waals surface area contributed by atoms with Gasteiger partial charge in [0.05, 0.1) is 6.04 Å². The predicted molar refractivity (Wildman–Crippen MR) is 57.3 cm³/mol. The average Bonchev–Trinajstić information content (AvgIpc) is 2.19. The molecule has 0 bridgehead atoms. The van der Waals surface area contributed by atoms with Gasteiger partial charge in [-0.15, -0.1) is 0 Å². The van der Waals surface area contributed by atoms with E-state index in [1.165, 1.54) is 0 Å². The summed E-state index contributed by atoms with van der Waals surface area (Å²) in [7, 11) is 0. The monoisotopic (exact) mass is 199 g/mol. The van der Waals surface area contributed by atoms with Gasteiger partial charge in [0.15, 0.2) is 0 Å². The zero-order chi connectivity index (χ0) is 10.8. The maximum Gasteiger partial charge on any atom is 0.137 e. The molecule has 0 aromatic carbocycles. The number of carbonyl (C=O) groups is 2. The maximum atomic E-state index is 10.8. The molecule has 0 radical (unpaired) electrons. The van der Waals surface area contributed by atoms with Gasteiger partial charge in [0, 0.05) is 6.42 Å². The molecule has 0 aliphatic heterocycles. The van der Waals surface area contributed by atoms with Gasteiger partial charge in [-0.25, -0.2) is 0 Å². The second-order valence-electron chi connectivity index (χ2n) is 3.48. The van der Waals surface area contributed by atoms with Gasteiger partial charge in [-0.2, -0.15) is 0 Å². The van der Waals surface area contributed by atoms with Crippen LogP contribution >= 0.6 is 0 Å². The van der Waals surface area contributed by atoms with Gasteiger partial charge in [-0.1, -0.05) is 13.8 Å². The Morgan fingerprint density at radius 1 is 1.14 bits per heavy atom. The van der Waals surface area contributed by atoms with Crippen LogP contribution in [0.3, 0.4) is 0 Å². The van der Waals surface area contributed by atoms with Crippen molar-refractivity contribution < 1.29 is 9.59 Å². The zero-order valence-corrected chi connectivity index (χ0v) is 9.24. The first-order valence-corrected chi connectivity index (χ1v) is 5.43. The third-order valence-corrected chi connectivity index (χ3v) is 2.23. The van der Waals surface area contributed by atoms with Gasteiger partial charge >= 0.3 is 0 Å². The molecule has 0 N–H and O–H groups in total. The van der Waals surface area contributed by atoms with E-state index in [-0.39, 0.29) is 6.04 Å². The number of hydrogen-bond acceptors (Lipinski definition) is 3. The van der Waals surface area contributed by atoms with Crippen molar-refractivity contribution >= 4 is 12.6 Å². The van der Waals surface area contributed by atoms with Gasteiger partial charge < -0.3 is 9.59 Å². The van der Waals surface area contributed by atoms with Crippen molar-refractivity contribution in [2.45, 2.75) is 45.6 Å². The Hall–Kier alpha value is -0.700. The minimum Gasteiger partial charge on any atom is -0.303 e. The van der Waals surface area contributed by atoms with Crippen molar-refractivity contribution in [3.8, 4) is 0 Å². The molecule has 0 saturated heterocycles. The molecule has 0 aromatic rings. The van der Waals surface area contributed by atoms with Crippen LogP contribution in [0.25, 0.3) is 0 Å². The molecule has 0 rings (SSSR count). The summed E-state index contributed by atoms with van der Waals surface area (Å²) in [6.45, 7) is 6.08. The second-order valence-corrected chi connectivity index (χ2v) is 3.48. The normalized spacial score (nSPS) is 12.8. The Bertz CT molecular complexity index is 153. The zero-order valence-electron chi connectivity index (χ0n) is 9.24. The van der Waals surface area contributed by atoms with Crippen LogP contribution in [0, 0.1) is 0 Å². The van der Waals surface area contributed by atoms with Crippen LogP contribution in [-0.2, 0) is 9.59 Å². The standard InChI is InChI=1S/C11H21NO2/c1-3-7-12(8-4-2)11(10-14)6-5-9-13/h9-11H,3-8H2,1-2H3. The van der Waals surface area contributed by atoms with E-state index in [0.717, 1.165) is 38.5 Å². The Morgan fingerprint density at radius 2 is 1.71 bits per heavy atom. The van der Waals surface area contributed by atoms with Crippen LogP contribution in [0.1, 0.15) is 39.5 Å². The first-order valence-electron chi connectivity index (χ1n) is 5.43. The second kappa shape index (κ2) is 8.88. The predicted octanol–water partition coefficient (Wildman–Crippen LogP) is 1.66. The summed E-state index contributed by atoms with van der Waals surface area (Å²) in [5.74, 6) is 0.